The van der Waals surface area contributed by atoms with Crippen LogP contribution in [0.2, 0.25) is 0 Å². The van der Waals surface area contributed by atoms with Crippen LogP contribution in [0.5, 0.6) is 0 Å². The minimum absolute atomic E-state index is 0.618. The van der Waals surface area contributed by atoms with Gasteiger partial charge in [-0.3, -0.25) is 0 Å². The van der Waals surface area contributed by atoms with Gasteiger partial charge in [-0.15, -0.1) is 0 Å². The van der Waals surface area contributed by atoms with Gasteiger partial charge in [0, 0.05) is 6.42 Å². The van der Waals surface area contributed by atoms with E-state index >= 15 is 0 Å². The van der Waals surface area contributed by atoms with E-state index in [2.05, 4.69) is 31.3 Å². The Bertz CT molecular complexity index is 333. The minimum atomic E-state index is -0.618. The van der Waals surface area contributed by atoms with Crippen molar-refractivity contribution < 1.29 is 5.11 Å². The van der Waals surface area contributed by atoms with Gasteiger partial charge in [-0.1, -0.05) is 31.2 Å². The summed E-state index contributed by atoms with van der Waals surface area (Å²) in [5.74, 6) is 0. The second-order valence-corrected chi connectivity index (χ2v) is 5.10. The van der Waals surface area contributed by atoms with E-state index in [0.717, 1.165) is 32.4 Å². The van der Waals surface area contributed by atoms with Crippen molar-refractivity contribution in [2.45, 2.75) is 45.6 Å². The van der Waals surface area contributed by atoms with Crippen LogP contribution in [0.4, 0.5) is 0 Å². The van der Waals surface area contributed by atoms with Crippen molar-refractivity contribution >= 4 is 0 Å². The van der Waals surface area contributed by atoms with Gasteiger partial charge in [0.05, 0.1) is 5.60 Å². The highest BCUT2D eigenvalue weighted by Crippen LogP contribution is 2.18. The highest BCUT2D eigenvalue weighted by atomic mass is 16.3. The van der Waals surface area contributed by atoms with Crippen LogP contribution in [-0.4, -0.2) is 23.8 Å². The molecule has 0 aliphatic heterocycles. The Hall–Kier alpha value is -0.860. The van der Waals surface area contributed by atoms with Crippen molar-refractivity contribution in [2.75, 3.05) is 13.1 Å². The van der Waals surface area contributed by atoms with Gasteiger partial charge in [0.25, 0.3) is 0 Å². The lowest BCUT2D eigenvalue weighted by molar-refractivity contribution is 0.0514. The van der Waals surface area contributed by atoms with Crippen LogP contribution in [0.15, 0.2) is 24.3 Å². The Labute approximate surface area is 105 Å². The Morgan fingerprint density at radius 1 is 1.24 bits per heavy atom. The molecule has 0 bridgehead atoms. The number of aliphatic hydroxyl groups is 1. The largest absolute Gasteiger partial charge is 0.390 e. The molecule has 0 aliphatic rings. The topological polar surface area (TPSA) is 32.3 Å². The first-order chi connectivity index (χ1) is 8.05. The number of hydrogen-bond donors (Lipinski definition) is 2. The highest BCUT2D eigenvalue weighted by molar-refractivity contribution is 5.26. The Kier molecular flexibility index (Phi) is 5.66. The quantitative estimate of drug-likeness (QED) is 0.712. The fourth-order valence-electron chi connectivity index (χ4n) is 1.97. The molecule has 0 saturated heterocycles. The van der Waals surface area contributed by atoms with Gasteiger partial charge in [-0.2, -0.15) is 0 Å². The van der Waals surface area contributed by atoms with Crippen LogP contribution in [-0.2, 0) is 6.42 Å². The summed E-state index contributed by atoms with van der Waals surface area (Å²) in [7, 11) is 0. The number of rotatable bonds is 7. The van der Waals surface area contributed by atoms with Gasteiger partial charge in [0.2, 0.25) is 0 Å². The van der Waals surface area contributed by atoms with Crippen molar-refractivity contribution in [3.8, 4) is 0 Å². The molecule has 0 heterocycles. The summed E-state index contributed by atoms with van der Waals surface area (Å²) in [4.78, 5) is 0. The van der Waals surface area contributed by atoms with Crippen molar-refractivity contribution in [1.82, 2.24) is 5.32 Å². The van der Waals surface area contributed by atoms with Crippen molar-refractivity contribution in [2.24, 2.45) is 0 Å². The molecule has 2 N–H and O–H groups in total. The molecule has 0 amide bonds. The molecule has 1 atom stereocenters. The standard InChI is InChI=1S/C15H25NO/c1-4-10-16-11-9-15(3,17)12-14-8-6-5-7-13(14)2/h5-8,16-17H,4,9-12H2,1-3H3. The SMILES string of the molecule is CCCNCCC(C)(O)Cc1ccccc1C. The third kappa shape index (κ3) is 5.33. The van der Waals surface area contributed by atoms with E-state index in [1.54, 1.807) is 0 Å². The molecule has 2 heteroatoms. The molecule has 96 valence electrons. The Morgan fingerprint density at radius 2 is 1.94 bits per heavy atom. The molecule has 0 radical (unpaired) electrons. The van der Waals surface area contributed by atoms with Gasteiger partial charge in [0.15, 0.2) is 0 Å². The van der Waals surface area contributed by atoms with E-state index in [1.807, 2.05) is 19.1 Å². The van der Waals surface area contributed by atoms with Crippen LogP contribution in [0, 0.1) is 6.92 Å². The molecule has 0 fully saturated rings. The first-order valence-corrected chi connectivity index (χ1v) is 6.53. The van der Waals surface area contributed by atoms with E-state index in [1.165, 1.54) is 11.1 Å². The monoisotopic (exact) mass is 235 g/mol. The first-order valence-electron chi connectivity index (χ1n) is 6.53. The molecule has 1 unspecified atom stereocenters. The lowest BCUT2D eigenvalue weighted by atomic mass is 9.91. The lowest BCUT2D eigenvalue weighted by Crippen LogP contribution is -2.32. The van der Waals surface area contributed by atoms with E-state index < -0.39 is 5.60 Å². The molecule has 2 nitrogen and oxygen atoms in total. The normalized spacial score (nSPS) is 14.6. The maximum absolute atomic E-state index is 10.4. The summed E-state index contributed by atoms with van der Waals surface area (Å²) >= 11 is 0. The maximum atomic E-state index is 10.4. The number of nitrogens with one attached hydrogen (secondary N) is 1. The van der Waals surface area contributed by atoms with Crippen LogP contribution in [0.3, 0.4) is 0 Å². The minimum Gasteiger partial charge on any atom is -0.390 e. The van der Waals surface area contributed by atoms with Gasteiger partial charge >= 0.3 is 0 Å². The highest BCUT2D eigenvalue weighted by Gasteiger charge is 2.20. The third-order valence-corrected chi connectivity index (χ3v) is 3.10. The molecule has 0 aromatic heterocycles. The Balaban J connectivity index is 2.46. The van der Waals surface area contributed by atoms with Gasteiger partial charge in [-0.25, -0.2) is 0 Å². The summed E-state index contributed by atoms with van der Waals surface area (Å²) in [5.41, 5.74) is 1.88. The fraction of sp³-hybridized carbons (Fsp3) is 0.600. The average molecular weight is 235 g/mol. The molecule has 17 heavy (non-hydrogen) atoms. The second-order valence-electron chi connectivity index (χ2n) is 5.10. The zero-order valence-corrected chi connectivity index (χ0v) is 11.3. The second kappa shape index (κ2) is 6.77. The summed E-state index contributed by atoms with van der Waals surface area (Å²) in [6.45, 7) is 8.08. The van der Waals surface area contributed by atoms with Crippen molar-refractivity contribution in [3.05, 3.63) is 35.4 Å². The smallest absolute Gasteiger partial charge is 0.0672 e. The van der Waals surface area contributed by atoms with Crippen molar-refractivity contribution in [1.29, 1.82) is 0 Å². The number of benzene rings is 1. The molecular formula is C15H25NO. The van der Waals surface area contributed by atoms with Crippen LogP contribution < -0.4 is 5.32 Å². The average Bonchev–Trinajstić information content (AvgIpc) is 2.28. The van der Waals surface area contributed by atoms with Gasteiger partial charge < -0.3 is 10.4 Å². The van der Waals surface area contributed by atoms with Crippen molar-refractivity contribution in [3.63, 3.8) is 0 Å². The molecule has 0 saturated carbocycles. The molecule has 0 aliphatic carbocycles. The predicted octanol–water partition coefficient (Wildman–Crippen LogP) is 2.68. The first kappa shape index (κ1) is 14.2. The zero-order valence-electron chi connectivity index (χ0n) is 11.3. The maximum Gasteiger partial charge on any atom is 0.0672 e. The summed E-state index contributed by atoms with van der Waals surface area (Å²) in [5, 5.41) is 13.7. The molecule has 1 aromatic carbocycles. The van der Waals surface area contributed by atoms with Gasteiger partial charge in [-0.05, 0) is 50.9 Å². The molecule has 1 aromatic rings. The molecule has 0 spiro atoms. The van der Waals surface area contributed by atoms with Crippen LogP contribution in [0.1, 0.15) is 37.8 Å². The Morgan fingerprint density at radius 3 is 2.59 bits per heavy atom. The van der Waals surface area contributed by atoms with E-state index in [4.69, 9.17) is 0 Å². The number of aryl methyl sites for hydroxylation is 1. The number of hydrogen-bond acceptors (Lipinski definition) is 2. The summed E-state index contributed by atoms with van der Waals surface area (Å²) < 4.78 is 0. The molecular weight excluding hydrogens is 210 g/mol. The van der Waals surface area contributed by atoms with E-state index in [0.29, 0.717) is 0 Å². The fourth-order valence-corrected chi connectivity index (χ4v) is 1.97. The summed E-state index contributed by atoms with van der Waals surface area (Å²) in [6.07, 6.45) is 2.66. The van der Waals surface area contributed by atoms with E-state index in [9.17, 15) is 5.11 Å². The van der Waals surface area contributed by atoms with Crippen LogP contribution >= 0.6 is 0 Å². The zero-order chi connectivity index (χ0) is 12.7. The van der Waals surface area contributed by atoms with Gasteiger partial charge in [0.1, 0.15) is 0 Å². The lowest BCUT2D eigenvalue weighted by Gasteiger charge is -2.24. The van der Waals surface area contributed by atoms with Crippen LogP contribution in [0.25, 0.3) is 0 Å². The summed E-state index contributed by atoms with van der Waals surface area (Å²) in [6, 6.07) is 8.27. The molecule has 1 rings (SSSR count). The predicted molar refractivity (Wildman–Crippen MR) is 73.3 cm³/mol. The van der Waals surface area contributed by atoms with E-state index in [-0.39, 0.29) is 0 Å². The third-order valence-electron chi connectivity index (χ3n) is 3.10.